The van der Waals surface area contributed by atoms with Crippen LogP contribution in [-0.4, -0.2) is 29.6 Å². The molecule has 0 aromatic carbocycles. The van der Waals surface area contributed by atoms with Gasteiger partial charge >= 0.3 is 0 Å². The number of aliphatic imine (C=N–C) groups is 1. The summed E-state index contributed by atoms with van der Waals surface area (Å²) in [6.07, 6.45) is 1.32. The molecule has 0 saturated carbocycles. The zero-order chi connectivity index (χ0) is 11.8. The highest BCUT2D eigenvalue weighted by Gasteiger charge is 2.02. The lowest BCUT2D eigenvalue weighted by Crippen LogP contribution is -2.20. The number of aromatic nitrogens is 1. The molecule has 0 bridgehead atoms. The fraction of sp³-hybridized carbons (Fsp3) is 0.375. The molecular formula is C8H15ClN6S2. The van der Waals surface area contributed by atoms with Gasteiger partial charge in [0.05, 0.1) is 12.0 Å². The molecule has 1 aromatic rings. The van der Waals surface area contributed by atoms with Crippen molar-refractivity contribution in [1.82, 2.24) is 4.98 Å². The van der Waals surface area contributed by atoms with Crippen LogP contribution in [0.5, 0.6) is 0 Å². The maximum Gasteiger partial charge on any atom is 0.192 e. The quantitative estimate of drug-likeness (QED) is 0.356. The minimum Gasteiger partial charge on any atom is -0.390 e. The van der Waals surface area contributed by atoms with Crippen LogP contribution < -0.4 is 16.8 Å². The van der Waals surface area contributed by atoms with Crippen LogP contribution in [0.25, 0.3) is 0 Å². The van der Waals surface area contributed by atoms with E-state index < -0.39 is 0 Å². The number of thiazole rings is 1. The first-order valence-electron chi connectivity index (χ1n) is 4.55. The fourth-order valence-electron chi connectivity index (χ4n) is 0.914. The number of hydrogen-bond acceptors (Lipinski definition) is 5. The summed E-state index contributed by atoms with van der Waals surface area (Å²) in [4.78, 5) is 8.18. The number of rotatable bonds is 6. The molecule has 0 aliphatic rings. The molecule has 1 aromatic heterocycles. The van der Waals surface area contributed by atoms with Crippen LogP contribution in [0, 0.1) is 5.41 Å². The summed E-state index contributed by atoms with van der Waals surface area (Å²) >= 11 is 3.18. The van der Waals surface area contributed by atoms with Gasteiger partial charge < -0.3 is 16.8 Å². The number of anilines is 1. The molecule has 0 spiro atoms. The smallest absolute Gasteiger partial charge is 0.192 e. The Morgan fingerprint density at radius 2 is 2.47 bits per heavy atom. The molecular weight excluding hydrogens is 280 g/mol. The normalized spacial score (nSPS) is 10.1. The van der Waals surface area contributed by atoms with Crippen molar-refractivity contribution in [3.8, 4) is 0 Å². The Morgan fingerprint density at radius 3 is 3.12 bits per heavy atom. The van der Waals surface area contributed by atoms with Gasteiger partial charge in [-0.15, -0.1) is 23.7 Å². The van der Waals surface area contributed by atoms with E-state index in [1.807, 2.05) is 5.38 Å². The van der Waals surface area contributed by atoms with Gasteiger partial charge in [-0.2, -0.15) is 11.8 Å². The van der Waals surface area contributed by atoms with Crippen molar-refractivity contribution >= 4 is 52.9 Å². The SMILES string of the molecule is Cl.N=C(N)Nc1nc(CSCC/N=C\N)cs1. The zero-order valence-corrected chi connectivity index (χ0v) is 11.5. The molecule has 1 heterocycles. The second-order valence-electron chi connectivity index (χ2n) is 2.79. The minimum absolute atomic E-state index is 0. The summed E-state index contributed by atoms with van der Waals surface area (Å²) in [5.41, 5.74) is 11.3. The Balaban J connectivity index is 0.00000256. The molecule has 0 unspecified atom stereocenters. The Kier molecular flexibility index (Phi) is 8.55. The molecule has 0 saturated heterocycles. The highest BCUT2D eigenvalue weighted by Crippen LogP contribution is 2.19. The summed E-state index contributed by atoms with van der Waals surface area (Å²) in [7, 11) is 0. The van der Waals surface area contributed by atoms with Gasteiger partial charge in [0.2, 0.25) is 0 Å². The largest absolute Gasteiger partial charge is 0.390 e. The van der Waals surface area contributed by atoms with Gasteiger partial charge in [0, 0.05) is 23.4 Å². The molecule has 9 heteroatoms. The molecule has 0 atom stereocenters. The Labute approximate surface area is 114 Å². The van der Waals surface area contributed by atoms with Crippen LogP contribution >= 0.6 is 35.5 Å². The van der Waals surface area contributed by atoms with Crippen LogP contribution in [0.15, 0.2) is 10.4 Å². The van der Waals surface area contributed by atoms with E-state index in [1.165, 1.54) is 17.7 Å². The first kappa shape index (κ1) is 16.0. The molecule has 17 heavy (non-hydrogen) atoms. The Morgan fingerprint density at radius 1 is 1.71 bits per heavy atom. The van der Waals surface area contributed by atoms with E-state index in [0.717, 1.165) is 23.7 Å². The van der Waals surface area contributed by atoms with E-state index in [9.17, 15) is 0 Å². The van der Waals surface area contributed by atoms with Gasteiger partial charge in [-0.05, 0) is 0 Å². The molecule has 0 aliphatic heterocycles. The fourth-order valence-corrected chi connectivity index (χ4v) is 2.48. The van der Waals surface area contributed by atoms with E-state index in [-0.39, 0.29) is 18.4 Å². The van der Waals surface area contributed by atoms with Crippen molar-refractivity contribution in [3.05, 3.63) is 11.1 Å². The number of nitrogens with one attached hydrogen (secondary N) is 2. The number of thioether (sulfide) groups is 1. The average Bonchev–Trinajstić information content (AvgIpc) is 2.64. The summed E-state index contributed by atoms with van der Waals surface area (Å²) < 4.78 is 0. The second kappa shape index (κ2) is 9.08. The Bertz CT molecular complexity index is 367. The van der Waals surface area contributed by atoms with E-state index in [4.69, 9.17) is 16.9 Å². The summed E-state index contributed by atoms with van der Waals surface area (Å²) in [6.45, 7) is 0.726. The molecule has 0 radical (unpaired) electrons. The number of nitrogens with zero attached hydrogens (tertiary/aromatic N) is 2. The predicted molar refractivity (Wildman–Crippen MR) is 78.6 cm³/mol. The molecule has 6 nitrogen and oxygen atoms in total. The van der Waals surface area contributed by atoms with E-state index in [0.29, 0.717) is 5.13 Å². The minimum atomic E-state index is -0.0918. The van der Waals surface area contributed by atoms with Crippen LogP contribution in [0.3, 0.4) is 0 Å². The van der Waals surface area contributed by atoms with E-state index >= 15 is 0 Å². The lowest BCUT2D eigenvalue weighted by atomic mass is 10.6. The predicted octanol–water partition coefficient (Wildman–Crippen LogP) is 1.09. The maximum absolute atomic E-state index is 7.06. The van der Waals surface area contributed by atoms with Gasteiger partial charge in [0.15, 0.2) is 11.1 Å². The van der Waals surface area contributed by atoms with Crippen molar-refractivity contribution in [2.24, 2.45) is 16.5 Å². The number of nitrogens with two attached hydrogens (primary N) is 2. The van der Waals surface area contributed by atoms with Gasteiger partial charge in [0.1, 0.15) is 0 Å². The van der Waals surface area contributed by atoms with Crippen LogP contribution in [0.2, 0.25) is 0 Å². The van der Waals surface area contributed by atoms with Crippen molar-refractivity contribution in [3.63, 3.8) is 0 Å². The summed E-state index contributed by atoms with van der Waals surface area (Å²) in [5.74, 6) is 1.66. The van der Waals surface area contributed by atoms with Crippen molar-refractivity contribution in [2.45, 2.75) is 5.75 Å². The third-order valence-corrected chi connectivity index (χ3v) is 3.29. The summed E-state index contributed by atoms with van der Waals surface area (Å²) in [5, 5.41) is 12.3. The molecule has 0 fully saturated rings. The van der Waals surface area contributed by atoms with Crippen molar-refractivity contribution in [1.29, 1.82) is 5.41 Å². The van der Waals surface area contributed by atoms with Crippen LogP contribution in [-0.2, 0) is 5.75 Å². The standard InChI is InChI=1S/C8H14N6S2.ClH/c9-5-12-1-2-15-3-6-4-16-8(13-6)14-7(10)11;/h4-5H,1-3H2,(H2,9,12)(H4,10,11,13,14);1H. The molecule has 0 aliphatic carbocycles. The van der Waals surface area contributed by atoms with E-state index in [1.54, 1.807) is 11.8 Å². The van der Waals surface area contributed by atoms with Crippen LogP contribution in [0.1, 0.15) is 5.69 Å². The Hall–Kier alpha value is -0.990. The monoisotopic (exact) mass is 294 g/mol. The highest BCUT2D eigenvalue weighted by molar-refractivity contribution is 7.98. The lowest BCUT2D eigenvalue weighted by Gasteiger charge is -1.97. The third kappa shape index (κ3) is 7.03. The van der Waals surface area contributed by atoms with E-state index in [2.05, 4.69) is 15.3 Å². The average molecular weight is 295 g/mol. The van der Waals surface area contributed by atoms with Crippen molar-refractivity contribution in [2.75, 3.05) is 17.6 Å². The molecule has 96 valence electrons. The molecule has 0 amide bonds. The maximum atomic E-state index is 7.06. The van der Waals surface area contributed by atoms with Crippen molar-refractivity contribution < 1.29 is 0 Å². The number of guanidine groups is 1. The van der Waals surface area contributed by atoms with Gasteiger partial charge in [-0.3, -0.25) is 10.4 Å². The topological polar surface area (TPSA) is 113 Å². The third-order valence-electron chi connectivity index (χ3n) is 1.51. The summed E-state index contributed by atoms with van der Waals surface area (Å²) in [6, 6.07) is 0. The molecule has 6 N–H and O–H groups in total. The first-order valence-corrected chi connectivity index (χ1v) is 6.59. The van der Waals surface area contributed by atoms with Gasteiger partial charge in [-0.25, -0.2) is 4.98 Å². The van der Waals surface area contributed by atoms with Gasteiger partial charge in [-0.1, -0.05) is 0 Å². The van der Waals surface area contributed by atoms with Gasteiger partial charge in [0.25, 0.3) is 0 Å². The number of hydrogen-bond donors (Lipinski definition) is 4. The number of halogens is 1. The second-order valence-corrected chi connectivity index (χ2v) is 4.75. The first-order chi connectivity index (χ1) is 7.72. The highest BCUT2D eigenvalue weighted by atomic mass is 35.5. The molecule has 1 rings (SSSR count). The van der Waals surface area contributed by atoms with Crippen LogP contribution in [0.4, 0.5) is 5.13 Å². The zero-order valence-electron chi connectivity index (χ0n) is 9.05. The lowest BCUT2D eigenvalue weighted by molar-refractivity contribution is 1.14.